The third-order valence-corrected chi connectivity index (χ3v) is 6.58. The van der Waals surface area contributed by atoms with E-state index in [1.54, 1.807) is 15.5 Å². The number of aryl methyl sites for hydroxylation is 2. The Balaban J connectivity index is 1.39. The molecule has 0 bridgehead atoms. The Morgan fingerprint density at radius 1 is 1.08 bits per heavy atom. The van der Waals surface area contributed by atoms with Gasteiger partial charge in [0.25, 0.3) is 17.4 Å². The number of aromatic amines is 1. The average molecular weight is 493 g/mol. The fraction of sp³-hybridized carbons (Fsp3) is 0.346. The minimum atomic E-state index is -0.358. The molecule has 5 rings (SSSR count). The van der Waals surface area contributed by atoms with Crippen LogP contribution >= 0.6 is 0 Å². The number of aromatic nitrogens is 2. The number of ether oxygens (including phenoxy) is 3. The van der Waals surface area contributed by atoms with Crippen LogP contribution in [-0.2, 0) is 19.5 Å². The van der Waals surface area contributed by atoms with Gasteiger partial charge in [-0.3, -0.25) is 14.4 Å². The summed E-state index contributed by atoms with van der Waals surface area (Å²) in [6, 6.07) is 8.74. The van der Waals surface area contributed by atoms with Gasteiger partial charge in [-0.2, -0.15) is 0 Å². The molecule has 0 atom stereocenters. The van der Waals surface area contributed by atoms with Gasteiger partial charge in [-0.1, -0.05) is 6.07 Å². The minimum Gasteiger partial charge on any atom is -0.496 e. The van der Waals surface area contributed by atoms with Gasteiger partial charge in [-0.15, -0.1) is 0 Å². The van der Waals surface area contributed by atoms with Gasteiger partial charge in [0.15, 0.2) is 11.5 Å². The number of fused-ring (bicyclic) bond motifs is 2. The van der Waals surface area contributed by atoms with Crippen molar-refractivity contribution in [2.75, 3.05) is 27.0 Å². The molecule has 4 heterocycles. The highest BCUT2D eigenvalue weighted by atomic mass is 16.7. The fourth-order valence-corrected chi connectivity index (χ4v) is 4.79. The quantitative estimate of drug-likeness (QED) is 0.564. The second-order valence-electron chi connectivity index (χ2n) is 8.95. The number of rotatable bonds is 5. The van der Waals surface area contributed by atoms with E-state index in [-0.39, 0.29) is 43.0 Å². The van der Waals surface area contributed by atoms with Crippen LogP contribution in [0.15, 0.2) is 35.1 Å². The summed E-state index contributed by atoms with van der Waals surface area (Å²) in [4.78, 5) is 44.3. The van der Waals surface area contributed by atoms with Crippen molar-refractivity contribution in [3.8, 4) is 17.2 Å². The standard InChI is InChI=1S/C26H28N4O6/c1-15-10-16(2)28-24(15)26(33)29-7-6-18-23(21(34-3)12-22(31)30(18)9-8-29)25(32)27-13-17-4-5-19-20(11-17)36-14-35-19/h4-5,10-12,28H,6-9,13-14H2,1-3H3,(H,27,32). The first kappa shape index (κ1) is 23.5. The molecule has 0 saturated carbocycles. The van der Waals surface area contributed by atoms with Crippen LogP contribution in [0.4, 0.5) is 0 Å². The SMILES string of the molecule is COc1cc(=O)n2c(c1C(=O)NCc1ccc3c(c1)OCO3)CCN(C(=O)c1[nH]c(C)cc1C)CC2. The van der Waals surface area contributed by atoms with Gasteiger partial charge < -0.3 is 34.0 Å². The lowest BCUT2D eigenvalue weighted by Gasteiger charge is -2.19. The van der Waals surface area contributed by atoms with Crippen LogP contribution < -0.4 is 25.1 Å². The number of pyridine rings is 1. The van der Waals surface area contributed by atoms with E-state index < -0.39 is 0 Å². The van der Waals surface area contributed by atoms with Gasteiger partial charge in [-0.05, 0) is 43.2 Å². The second kappa shape index (κ2) is 9.44. The van der Waals surface area contributed by atoms with Crippen molar-refractivity contribution in [1.82, 2.24) is 19.8 Å². The molecule has 0 spiro atoms. The fourth-order valence-electron chi connectivity index (χ4n) is 4.79. The Hall–Kier alpha value is -4.21. The van der Waals surface area contributed by atoms with E-state index in [0.717, 1.165) is 16.8 Å². The molecule has 2 N–H and O–H groups in total. The molecule has 0 unspecified atom stereocenters. The summed E-state index contributed by atoms with van der Waals surface area (Å²) in [6.07, 6.45) is 0.337. The highest BCUT2D eigenvalue weighted by Crippen LogP contribution is 2.32. The number of hydrogen-bond acceptors (Lipinski definition) is 6. The molecular weight excluding hydrogens is 464 g/mol. The lowest BCUT2D eigenvalue weighted by molar-refractivity contribution is 0.0753. The van der Waals surface area contributed by atoms with Crippen molar-refractivity contribution in [3.05, 3.63) is 74.5 Å². The zero-order valence-electron chi connectivity index (χ0n) is 20.5. The second-order valence-corrected chi connectivity index (χ2v) is 8.95. The molecule has 0 fully saturated rings. The van der Waals surface area contributed by atoms with E-state index in [0.29, 0.717) is 48.0 Å². The normalized spacial score (nSPS) is 14.2. The number of carbonyl (C=O) groups is 2. The molecular formula is C26H28N4O6. The Morgan fingerprint density at radius 3 is 2.64 bits per heavy atom. The van der Waals surface area contributed by atoms with Crippen molar-refractivity contribution < 1.29 is 23.8 Å². The van der Waals surface area contributed by atoms with E-state index in [9.17, 15) is 14.4 Å². The van der Waals surface area contributed by atoms with Crippen molar-refractivity contribution >= 4 is 11.8 Å². The number of hydrogen-bond donors (Lipinski definition) is 2. The highest BCUT2D eigenvalue weighted by molar-refractivity contribution is 5.98. The zero-order valence-corrected chi connectivity index (χ0v) is 20.5. The van der Waals surface area contributed by atoms with Crippen LogP contribution in [0.5, 0.6) is 17.2 Å². The first-order valence-electron chi connectivity index (χ1n) is 11.8. The first-order valence-corrected chi connectivity index (χ1v) is 11.8. The highest BCUT2D eigenvalue weighted by Gasteiger charge is 2.28. The molecule has 2 aliphatic heterocycles. The molecule has 2 amide bonds. The summed E-state index contributed by atoms with van der Waals surface area (Å²) >= 11 is 0. The Kier molecular flexibility index (Phi) is 6.17. The number of carbonyl (C=O) groups excluding carboxylic acids is 2. The number of methoxy groups -OCH3 is 1. The minimum absolute atomic E-state index is 0.123. The predicted octanol–water partition coefficient (Wildman–Crippen LogP) is 2.16. The number of nitrogens with one attached hydrogen (secondary N) is 2. The molecule has 2 aliphatic rings. The summed E-state index contributed by atoms with van der Waals surface area (Å²) in [5.41, 5.74) is 3.77. The van der Waals surface area contributed by atoms with E-state index in [1.807, 2.05) is 32.0 Å². The van der Waals surface area contributed by atoms with E-state index in [1.165, 1.54) is 13.2 Å². The first-order chi connectivity index (χ1) is 17.4. The molecule has 36 heavy (non-hydrogen) atoms. The van der Waals surface area contributed by atoms with Crippen LogP contribution in [0, 0.1) is 13.8 Å². The number of H-pyrrole nitrogens is 1. The van der Waals surface area contributed by atoms with Crippen LogP contribution in [0.2, 0.25) is 0 Å². The van der Waals surface area contributed by atoms with Crippen LogP contribution in [0.25, 0.3) is 0 Å². The molecule has 1 aromatic carbocycles. The lowest BCUT2D eigenvalue weighted by atomic mass is 10.1. The summed E-state index contributed by atoms with van der Waals surface area (Å²) in [5.74, 6) is 1.04. The van der Waals surface area contributed by atoms with Gasteiger partial charge in [-0.25, -0.2) is 0 Å². The molecule has 0 radical (unpaired) electrons. The molecule has 0 aliphatic carbocycles. The molecule has 2 aromatic heterocycles. The lowest BCUT2D eigenvalue weighted by Crippen LogP contribution is -2.34. The third kappa shape index (κ3) is 4.30. The van der Waals surface area contributed by atoms with Crippen molar-refractivity contribution in [1.29, 1.82) is 0 Å². The summed E-state index contributed by atoms with van der Waals surface area (Å²) < 4.78 is 17.7. The predicted molar refractivity (Wildman–Crippen MR) is 131 cm³/mol. The van der Waals surface area contributed by atoms with E-state index in [2.05, 4.69) is 10.3 Å². The molecule has 188 valence electrons. The maximum Gasteiger partial charge on any atom is 0.270 e. The van der Waals surface area contributed by atoms with Gasteiger partial charge in [0.1, 0.15) is 17.0 Å². The largest absolute Gasteiger partial charge is 0.496 e. The summed E-state index contributed by atoms with van der Waals surface area (Å²) in [7, 11) is 1.43. The van der Waals surface area contributed by atoms with Gasteiger partial charge >= 0.3 is 0 Å². The average Bonchev–Trinajstić information content (AvgIpc) is 3.39. The Bertz CT molecular complexity index is 1410. The van der Waals surface area contributed by atoms with Crippen molar-refractivity contribution in [2.24, 2.45) is 0 Å². The maximum atomic E-state index is 13.4. The van der Waals surface area contributed by atoms with Gasteiger partial charge in [0, 0.05) is 50.1 Å². The van der Waals surface area contributed by atoms with Gasteiger partial charge in [0.05, 0.1) is 7.11 Å². The topological polar surface area (TPSA) is 115 Å². The summed E-state index contributed by atoms with van der Waals surface area (Å²) in [6.45, 7) is 5.23. The van der Waals surface area contributed by atoms with Crippen LogP contribution in [0.1, 0.15) is 43.4 Å². The smallest absolute Gasteiger partial charge is 0.270 e. The van der Waals surface area contributed by atoms with Crippen molar-refractivity contribution in [3.63, 3.8) is 0 Å². The zero-order chi connectivity index (χ0) is 25.4. The van der Waals surface area contributed by atoms with Crippen LogP contribution in [-0.4, -0.2) is 53.3 Å². The van der Waals surface area contributed by atoms with E-state index in [4.69, 9.17) is 14.2 Å². The maximum absolute atomic E-state index is 13.4. The molecule has 10 heteroatoms. The monoisotopic (exact) mass is 492 g/mol. The number of nitrogens with zero attached hydrogens (tertiary/aromatic N) is 2. The molecule has 0 saturated heterocycles. The number of amides is 2. The Morgan fingerprint density at radius 2 is 1.89 bits per heavy atom. The third-order valence-electron chi connectivity index (χ3n) is 6.58. The number of benzene rings is 1. The summed E-state index contributed by atoms with van der Waals surface area (Å²) in [5, 5.41) is 2.92. The molecule has 3 aromatic rings. The molecule has 10 nitrogen and oxygen atoms in total. The van der Waals surface area contributed by atoms with Gasteiger partial charge in [0.2, 0.25) is 6.79 Å². The van der Waals surface area contributed by atoms with E-state index >= 15 is 0 Å². The Labute approximate surface area is 207 Å². The van der Waals surface area contributed by atoms with Crippen molar-refractivity contribution in [2.45, 2.75) is 33.4 Å². The van der Waals surface area contributed by atoms with Crippen LogP contribution in [0.3, 0.4) is 0 Å².